The zero-order valence-corrected chi connectivity index (χ0v) is 19.5. The minimum absolute atomic E-state index is 0.0148. The molecular weight excluding hydrogens is 404 g/mol. The van der Waals surface area contributed by atoms with E-state index in [1.807, 2.05) is 76.2 Å². The number of aliphatic hydroxyl groups is 1. The number of anilines is 1. The van der Waals surface area contributed by atoms with Gasteiger partial charge in [0.25, 0.3) is 0 Å². The molecule has 0 aliphatic carbocycles. The molecule has 0 bridgehead atoms. The van der Waals surface area contributed by atoms with Gasteiger partial charge in [-0.05, 0) is 62.6 Å². The predicted molar refractivity (Wildman–Crippen MR) is 130 cm³/mol. The molecule has 0 saturated heterocycles. The van der Waals surface area contributed by atoms with E-state index in [4.69, 9.17) is 4.74 Å². The van der Waals surface area contributed by atoms with Crippen molar-refractivity contribution in [3.05, 3.63) is 59.7 Å². The molecule has 1 unspecified atom stereocenters. The van der Waals surface area contributed by atoms with E-state index in [2.05, 4.69) is 20.9 Å². The lowest BCUT2D eigenvalue weighted by Crippen LogP contribution is -2.39. The van der Waals surface area contributed by atoms with Crippen LogP contribution in [0.2, 0.25) is 0 Å². The van der Waals surface area contributed by atoms with Crippen molar-refractivity contribution in [2.24, 2.45) is 4.99 Å². The number of hydrogen-bond donors (Lipinski definition) is 4. The Morgan fingerprint density at radius 1 is 1.09 bits per heavy atom. The van der Waals surface area contributed by atoms with Crippen LogP contribution in [-0.2, 0) is 11.3 Å². The van der Waals surface area contributed by atoms with Gasteiger partial charge in [0.05, 0.1) is 18.8 Å². The highest BCUT2D eigenvalue weighted by Gasteiger charge is 2.09. The molecule has 0 aliphatic heterocycles. The minimum atomic E-state index is -0.677. The van der Waals surface area contributed by atoms with Gasteiger partial charge in [-0.25, -0.2) is 4.99 Å². The van der Waals surface area contributed by atoms with Gasteiger partial charge in [0.15, 0.2) is 5.96 Å². The Bertz CT molecular complexity index is 866. The Kier molecular flexibility index (Phi) is 10.5. The highest BCUT2D eigenvalue weighted by molar-refractivity contribution is 5.90. The van der Waals surface area contributed by atoms with Gasteiger partial charge < -0.3 is 25.8 Å². The maximum Gasteiger partial charge on any atom is 0.224 e. The number of carbonyl (C=O) groups excluding carboxylic acids is 1. The molecule has 0 heterocycles. The van der Waals surface area contributed by atoms with Gasteiger partial charge in [0.1, 0.15) is 5.75 Å². The van der Waals surface area contributed by atoms with E-state index >= 15 is 0 Å². The standard InChI is InChI=1S/C25H36N4O3/c1-5-8-24(31)29-21-10-7-9-19(15-21)16-27-25(26-6-2)28-17-23(30)20-11-13-22(14-12-20)32-18(3)4/h7,9-15,18,23,30H,5-6,8,16-17H2,1-4H3,(H,29,31)(H2,26,27,28). The number of carbonyl (C=O) groups is 1. The molecule has 4 N–H and O–H groups in total. The molecule has 7 nitrogen and oxygen atoms in total. The summed E-state index contributed by atoms with van der Waals surface area (Å²) in [6, 6.07) is 15.1. The summed E-state index contributed by atoms with van der Waals surface area (Å²) in [5.74, 6) is 1.42. The van der Waals surface area contributed by atoms with Gasteiger partial charge in [-0.2, -0.15) is 0 Å². The van der Waals surface area contributed by atoms with Crippen molar-refractivity contribution in [2.45, 2.75) is 59.3 Å². The maximum absolute atomic E-state index is 11.8. The Labute approximate surface area is 191 Å². The molecule has 1 amide bonds. The normalized spacial score (nSPS) is 12.4. The van der Waals surface area contributed by atoms with E-state index in [1.54, 1.807) is 0 Å². The fourth-order valence-corrected chi connectivity index (χ4v) is 3.06. The van der Waals surface area contributed by atoms with E-state index in [1.165, 1.54) is 0 Å². The number of aliphatic imine (C=N–C) groups is 1. The first-order valence-corrected chi connectivity index (χ1v) is 11.3. The smallest absolute Gasteiger partial charge is 0.224 e. The summed E-state index contributed by atoms with van der Waals surface area (Å²) in [5.41, 5.74) is 2.56. The monoisotopic (exact) mass is 440 g/mol. The van der Waals surface area contributed by atoms with Crippen LogP contribution in [0.25, 0.3) is 0 Å². The van der Waals surface area contributed by atoms with Gasteiger partial charge in [-0.15, -0.1) is 0 Å². The van der Waals surface area contributed by atoms with Crippen LogP contribution in [0.5, 0.6) is 5.75 Å². The summed E-state index contributed by atoms with van der Waals surface area (Å²) in [7, 11) is 0. The number of ether oxygens (including phenoxy) is 1. The van der Waals surface area contributed by atoms with Gasteiger partial charge in [-0.1, -0.05) is 31.2 Å². The molecule has 0 aromatic heterocycles. The molecule has 0 aliphatic rings. The zero-order valence-electron chi connectivity index (χ0n) is 19.5. The first-order valence-electron chi connectivity index (χ1n) is 11.3. The van der Waals surface area contributed by atoms with Crippen LogP contribution in [0, 0.1) is 0 Å². The topological polar surface area (TPSA) is 95.0 Å². The molecule has 174 valence electrons. The van der Waals surface area contributed by atoms with Gasteiger partial charge in [0, 0.05) is 25.2 Å². The highest BCUT2D eigenvalue weighted by atomic mass is 16.5. The van der Waals surface area contributed by atoms with E-state index in [-0.39, 0.29) is 12.0 Å². The average Bonchev–Trinajstić information content (AvgIpc) is 2.76. The molecule has 1 atom stereocenters. The summed E-state index contributed by atoms with van der Waals surface area (Å²) < 4.78 is 5.65. The largest absolute Gasteiger partial charge is 0.491 e. The second-order valence-corrected chi connectivity index (χ2v) is 7.83. The number of nitrogens with one attached hydrogen (secondary N) is 3. The number of guanidine groups is 1. The molecule has 2 aromatic rings. The Morgan fingerprint density at radius 2 is 1.84 bits per heavy atom. The van der Waals surface area contributed by atoms with Crippen LogP contribution in [0.4, 0.5) is 5.69 Å². The number of hydrogen-bond acceptors (Lipinski definition) is 4. The summed E-state index contributed by atoms with van der Waals surface area (Å²) in [6.45, 7) is 9.40. The van der Waals surface area contributed by atoms with E-state index in [9.17, 15) is 9.90 Å². The average molecular weight is 441 g/mol. The lowest BCUT2D eigenvalue weighted by Gasteiger charge is -2.16. The number of rotatable bonds is 11. The number of aliphatic hydroxyl groups excluding tert-OH is 1. The lowest BCUT2D eigenvalue weighted by atomic mass is 10.1. The first kappa shape index (κ1) is 25.2. The van der Waals surface area contributed by atoms with Crippen molar-refractivity contribution >= 4 is 17.6 Å². The molecule has 32 heavy (non-hydrogen) atoms. The first-order chi connectivity index (χ1) is 15.4. The fourth-order valence-electron chi connectivity index (χ4n) is 3.06. The Hall–Kier alpha value is -3.06. The van der Waals surface area contributed by atoms with E-state index in [0.29, 0.717) is 32.0 Å². The summed E-state index contributed by atoms with van der Waals surface area (Å²) in [5, 5.41) is 19.8. The lowest BCUT2D eigenvalue weighted by molar-refractivity contribution is -0.116. The second-order valence-electron chi connectivity index (χ2n) is 7.83. The fraction of sp³-hybridized carbons (Fsp3) is 0.440. The van der Waals surface area contributed by atoms with Gasteiger partial charge in [-0.3, -0.25) is 4.79 Å². The molecular formula is C25H36N4O3. The van der Waals surface area contributed by atoms with E-state index < -0.39 is 6.10 Å². The van der Waals surface area contributed by atoms with Gasteiger partial charge in [0.2, 0.25) is 5.91 Å². The third-order valence-corrected chi connectivity index (χ3v) is 4.55. The summed E-state index contributed by atoms with van der Waals surface area (Å²) >= 11 is 0. The second kappa shape index (κ2) is 13.4. The van der Waals surface area contributed by atoms with Crippen LogP contribution >= 0.6 is 0 Å². The highest BCUT2D eigenvalue weighted by Crippen LogP contribution is 2.18. The van der Waals surface area contributed by atoms with Crippen molar-refractivity contribution in [2.75, 3.05) is 18.4 Å². The van der Waals surface area contributed by atoms with E-state index in [0.717, 1.165) is 29.0 Å². The minimum Gasteiger partial charge on any atom is -0.491 e. The molecule has 0 fully saturated rings. The van der Waals surface area contributed by atoms with Crippen LogP contribution in [0.3, 0.4) is 0 Å². The van der Waals surface area contributed by atoms with Crippen molar-refractivity contribution < 1.29 is 14.6 Å². The molecule has 0 saturated carbocycles. The molecule has 7 heteroatoms. The third-order valence-electron chi connectivity index (χ3n) is 4.55. The van der Waals surface area contributed by atoms with Crippen LogP contribution in [0.15, 0.2) is 53.5 Å². The SMILES string of the molecule is CCCC(=O)Nc1cccc(CN=C(NCC)NCC(O)c2ccc(OC(C)C)cc2)c1. The number of nitrogens with zero attached hydrogens (tertiary/aromatic N) is 1. The van der Waals surface area contributed by atoms with Crippen molar-refractivity contribution in [3.8, 4) is 5.75 Å². The van der Waals surface area contributed by atoms with Gasteiger partial charge >= 0.3 is 0 Å². The van der Waals surface area contributed by atoms with Crippen LogP contribution in [0.1, 0.15) is 57.8 Å². The van der Waals surface area contributed by atoms with Crippen molar-refractivity contribution in [1.29, 1.82) is 0 Å². The summed E-state index contributed by atoms with van der Waals surface area (Å²) in [4.78, 5) is 16.4. The van der Waals surface area contributed by atoms with Crippen molar-refractivity contribution in [3.63, 3.8) is 0 Å². The Morgan fingerprint density at radius 3 is 2.50 bits per heavy atom. The maximum atomic E-state index is 11.8. The van der Waals surface area contributed by atoms with Crippen molar-refractivity contribution in [1.82, 2.24) is 10.6 Å². The number of benzene rings is 2. The molecule has 2 rings (SSSR count). The van der Waals surface area contributed by atoms with Crippen LogP contribution in [-0.4, -0.2) is 36.2 Å². The third kappa shape index (κ3) is 8.98. The summed E-state index contributed by atoms with van der Waals surface area (Å²) in [6.07, 6.45) is 0.755. The molecule has 0 spiro atoms. The number of amides is 1. The quantitative estimate of drug-likeness (QED) is 0.313. The van der Waals surface area contributed by atoms with Crippen LogP contribution < -0.4 is 20.7 Å². The molecule has 0 radical (unpaired) electrons. The predicted octanol–water partition coefficient (Wildman–Crippen LogP) is 4.00. The Balaban J connectivity index is 1.94. The zero-order chi connectivity index (χ0) is 23.3. The molecule has 2 aromatic carbocycles.